The minimum Gasteiger partial charge on any atom is -0.361 e. The van der Waals surface area contributed by atoms with Crippen molar-refractivity contribution < 1.29 is 9.84 Å². The Kier molecular flexibility index (Phi) is 3.11. The minimum absolute atomic E-state index is 0.493. The van der Waals surface area contributed by atoms with Gasteiger partial charge in [-0.05, 0) is 20.8 Å². The van der Waals surface area contributed by atoms with Crippen molar-refractivity contribution >= 4 is 0 Å². The quantitative estimate of drug-likeness (QED) is 0.569. The summed E-state index contributed by atoms with van der Waals surface area (Å²) in [6.07, 6.45) is -0.692. The van der Waals surface area contributed by atoms with Crippen LogP contribution in [0.15, 0.2) is 0 Å². The second-order valence-electron chi connectivity index (χ2n) is 2.48. The second-order valence-corrected chi connectivity index (χ2v) is 2.48. The highest BCUT2D eigenvalue weighted by Crippen LogP contribution is 2.07. The molecule has 0 aliphatic rings. The zero-order valence-corrected chi connectivity index (χ0v) is 6.18. The van der Waals surface area contributed by atoms with Gasteiger partial charge in [-0.15, -0.1) is 0 Å². The van der Waals surface area contributed by atoms with E-state index in [1.807, 2.05) is 6.92 Å². The standard InChI is InChI=1S/C6H14NO2/c1-4-9-5(7)6(2,3)8/h5H,4,7H2,1-3H3. The highest BCUT2D eigenvalue weighted by Gasteiger charge is 2.25. The molecule has 0 aromatic carbocycles. The fourth-order valence-corrected chi connectivity index (χ4v) is 0.380. The zero-order valence-electron chi connectivity index (χ0n) is 6.18. The van der Waals surface area contributed by atoms with Gasteiger partial charge in [-0.1, -0.05) is 0 Å². The zero-order chi connectivity index (χ0) is 7.49. The lowest BCUT2D eigenvalue weighted by atomic mass is 10.1. The van der Waals surface area contributed by atoms with Crippen LogP contribution in [-0.2, 0) is 9.84 Å². The van der Waals surface area contributed by atoms with Gasteiger partial charge in [-0.3, -0.25) is 0 Å². The van der Waals surface area contributed by atoms with E-state index in [1.165, 1.54) is 13.8 Å². The van der Waals surface area contributed by atoms with Crippen LogP contribution in [0, 0.1) is 0 Å². The summed E-state index contributed by atoms with van der Waals surface area (Å²) >= 11 is 0. The Morgan fingerprint density at radius 1 is 1.67 bits per heavy atom. The first kappa shape index (κ1) is 8.88. The van der Waals surface area contributed by atoms with Crippen LogP contribution in [-0.4, -0.2) is 18.4 Å². The van der Waals surface area contributed by atoms with Crippen LogP contribution in [0.5, 0.6) is 0 Å². The van der Waals surface area contributed by atoms with Crippen molar-refractivity contribution in [3.8, 4) is 0 Å². The van der Waals surface area contributed by atoms with Gasteiger partial charge in [0.15, 0.2) is 0 Å². The van der Waals surface area contributed by atoms with Crippen molar-refractivity contribution in [1.29, 1.82) is 0 Å². The molecule has 3 heteroatoms. The summed E-state index contributed by atoms with van der Waals surface area (Å²) in [7, 11) is 0. The van der Waals surface area contributed by atoms with E-state index >= 15 is 0 Å². The topological polar surface area (TPSA) is 55.1 Å². The first-order valence-electron chi connectivity index (χ1n) is 3.06. The predicted molar refractivity (Wildman–Crippen MR) is 34.4 cm³/mol. The van der Waals surface area contributed by atoms with E-state index in [4.69, 9.17) is 10.5 Å². The highest BCUT2D eigenvalue weighted by atomic mass is 16.5. The largest absolute Gasteiger partial charge is 0.361 e. The van der Waals surface area contributed by atoms with Gasteiger partial charge in [0.25, 0.3) is 0 Å². The van der Waals surface area contributed by atoms with Crippen LogP contribution in [0.2, 0.25) is 0 Å². The van der Waals surface area contributed by atoms with E-state index in [9.17, 15) is 5.11 Å². The first-order chi connectivity index (χ1) is 3.98. The van der Waals surface area contributed by atoms with Gasteiger partial charge in [0.1, 0.15) is 11.8 Å². The van der Waals surface area contributed by atoms with Crippen LogP contribution in [0.25, 0.3) is 0 Å². The van der Waals surface area contributed by atoms with E-state index in [2.05, 4.69) is 0 Å². The molecule has 0 fully saturated rings. The molecule has 1 unspecified atom stereocenters. The molecule has 0 amide bonds. The van der Waals surface area contributed by atoms with Gasteiger partial charge in [-0.25, -0.2) is 5.11 Å². The fraction of sp³-hybridized carbons (Fsp3) is 1.00. The van der Waals surface area contributed by atoms with E-state index in [-0.39, 0.29) is 0 Å². The second kappa shape index (κ2) is 3.15. The normalized spacial score (nSPS) is 15.7. The van der Waals surface area contributed by atoms with Gasteiger partial charge >= 0.3 is 0 Å². The number of nitrogens with two attached hydrogens (primary N) is 1. The summed E-state index contributed by atoms with van der Waals surface area (Å²) in [5.74, 6) is 0. The smallest absolute Gasteiger partial charge is 0.137 e. The third kappa shape index (κ3) is 3.46. The van der Waals surface area contributed by atoms with E-state index < -0.39 is 11.8 Å². The number of hydrogen-bond acceptors (Lipinski definition) is 2. The third-order valence-corrected chi connectivity index (χ3v) is 1.03. The molecule has 0 rings (SSSR count). The van der Waals surface area contributed by atoms with Gasteiger partial charge in [0, 0.05) is 6.61 Å². The molecule has 0 saturated heterocycles. The summed E-state index contributed by atoms with van der Waals surface area (Å²) in [4.78, 5) is 0. The van der Waals surface area contributed by atoms with Crippen molar-refractivity contribution in [1.82, 2.24) is 0 Å². The van der Waals surface area contributed by atoms with Gasteiger partial charge in [0.2, 0.25) is 0 Å². The summed E-state index contributed by atoms with van der Waals surface area (Å²) < 4.78 is 4.87. The van der Waals surface area contributed by atoms with Crippen molar-refractivity contribution in [2.75, 3.05) is 6.61 Å². The predicted octanol–water partition coefficient (Wildman–Crippen LogP) is 0.517. The summed E-state index contributed by atoms with van der Waals surface area (Å²) in [5.41, 5.74) is 4.14. The summed E-state index contributed by atoms with van der Waals surface area (Å²) in [6, 6.07) is 0. The van der Waals surface area contributed by atoms with E-state index in [0.29, 0.717) is 6.61 Å². The molecule has 2 N–H and O–H groups in total. The summed E-state index contributed by atoms with van der Waals surface area (Å²) in [6.45, 7) is 5.32. The van der Waals surface area contributed by atoms with Crippen LogP contribution in [0.3, 0.4) is 0 Å². The van der Waals surface area contributed by atoms with E-state index in [0.717, 1.165) is 0 Å². The molecular weight excluding hydrogens is 118 g/mol. The maximum absolute atomic E-state index is 10.9. The van der Waals surface area contributed by atoms with Crippen molar-refractivity contribution in [3.05, 3.63) is 0 Å². The van der Waals surface area contributed by atoms with Crippen molar-refractivity contribution in [2.24, 2.45) is 5.73 Å². The van der Waals surface area contributed by atoms with Crippen LogP contribution in [0.4, 0.5) is 0 Å². The Morgan fingerprint density at radius 2 is 2.11 bits per heavy atom. The number of ether oxygens (including phenoxy) is 1. The average Bonchev–Trinajstić information content (AvgIpc) is 1.64. The maximum Gasteiger partial charge on any atom is 0.137 e. The van der Waals surface area contributed by atoms with Crippen LogP contribution < -0.4 is 5.73 Å². The molecule has 9 heavy (non-hydrogen) atoms. The molecule has 1 atom stereocenters. The Balaban J connectivity index is 3.59. The lowest BCUT2D eigenvalue weighted by Crippen LogP contribution is -2.43. The molecule has 0 heterocycles. The lowest BCUT2D eigenvalue weighted by molar-refractivity contribution is -0.118. The maximum atomic E-state index is 10.9. The van der Waals surface area contributed by atoms with Gasteiger partial charge < -0.3 is 10.5 Å². The Bertz CT molecular complexity index is 77.6. The minimum atomic E-state index is -1.18. The number of hydrogen-bond donors (Lipinski definition) is 1. The molecule has 0 spiro atoms. The van der Waals surface area contributed by atoms with Crippen molar-refractivity contribution in [3.63, 3.8) is 0 Å². The molecule has 0 aliphatic heterocycles. The molecule has 0 aromatic heterocycles. The molecule has 0 aromatic rings. The van der Waals surface area contributed by atoms with Gasteiger partial charge in [0.05, 0.1) is 0 Å². The van der Waals surface area contributed by atoms with Crippen LogP contribution >= 0.6 is 0 Å². The SMILES string of the molecule is CCOC(N)C(C)(C)[O]. The first-order valence-corrected chi connectivity index (χ1v) is 3.06. The van der Waals surface area contributed by atoms with E-state index in [1.54, 1.807) is 0 Å². The third-order valence-electron chi connectivity index (χ3n) is 1.03. The molecule has 55 valence electrons. The lowest BCUT2D eigenvalue weighted by Gasteiger charge is -2.22. The van der Waals surface area contributed by atoms with Crippen molar-refractivity contribution in [2.45, 2.75) is 32.6 Å². The molecule has 0 aliphatic carbocycles. The molecule has 1 radical (unpaired) electrons. The molecule has 3 nitrogen and oxygen atoms in total. The Labute approximate surface area is 55.8 Å². The molecular formula is C6H14NO2. The fourth-order valence-electron chi connectivity index (χ4n) is 0.380. The van der Waals surface area contributed by atoms with Gasteiger partial charge in [-0.2, -0.15) is 0 Å². The Hall–Kier alpha value is -0.120. The Morgan fingerprint density at radius 3 is 2.22 bits per heavy atom. The number of rotatable bonds is 3. The molecule has 0 bridgehead atoms. The highest BCUT2D eigenvalue weighted by molar-refractivity contribution is 4.71. The average molecular weight is 132 g/mol. The summed E-state index contributed by atoms with van der Waals surface area (Å²) in [5, 5.41) is 10.9. The molecule has 0 saturated carbocycles. The monoisotopic (exact) mass is 132 g/mol. The van der Waals surface area contributed by atoms with Crippen LogP contribution in [0.1, 0.15) is 20.8 Å².